The van der Waals surface area contributed by atoms with E-state index in [9.17, 15) is 9.59 Å². The van der Waals surface area contributed by atoms with Crippen LogP contribution >= 0.6 is 0 Å². The van der Waals surface area contributed by atoms with Gasteiger partial charge in [0.05, 0.1) is 18.5 Å². The molecule has 4 rings (SSSR count). The van der Waals surface area contributed by atoms with E-state index in [0.717, 1.165) is 22.7 Å². The molecule has 2 heterocycles. The SMILES string of the molecule is COc1ccc(Cc2nc(C(=O)Nc3cc(C)nn3-c3ccccc3)cc(=O)[nH]2)cc1. The Morgan fingerprint density at radius 2 is 1.84 bits per heavy atom. The number of nitrogens with zero attached hydrogens (tertiary/aromatic N) is 3. The second kappa shape index (κ2) is 8.66. The van der Waals surface area contributed by atoms with Crippen LogP contribution < -0.4 is 15.6 Å². The van der Waals surface area contributed by atoms with Crippen molar-refractivity contribution in [2.75, 3.05) is 12.4 Å². The summed E-state index contributed by atoms with van der Waals surface area (Å²) in [5, 5.41) is 7.25. The third-order valence-corrected chi connectivity index (χ3v) is 4.63. The number of para-hydroxylation sites is 1. The van der Waals surface area contributed by atoms with Gasteiger partial charge in [-0.1, -0.05) is 30.3 Å². The molecule has 0 saturated heterocycles. The lowest BCUT2D eigenvalue weighted by atomic mass is 10.1. The van der Waals surface area contributed by atoms with Gasteiger partial charge in [0, 0.05) is 18.6 Å². The lowest BCUT2D eigenvalue weighted by Crippen LogP contribution is -2.21. The molecule has 8 nitrogen and oxygen atoms in total. The molecule has 2 aromatic carbocycles. The third-order valence-electron chi connectivity index (χ3n) is 4.63. The Hall–Kier alpha value is -4.20. The number of aryl methyl sites for hydroxylation is 1. The molecule has 0 spiro atoms. The fraction of sp³-hybridized carbons (Fsp3) is 0.130. The van der Waals surface area contributed by atoms with E-state index in [1.807, 2.05) is 61.5 Å². The average molecular weight is 415 g/mol. The Kier molecular flexibility index (Phi) is 5.61. The zero-order valence-corrected chi connectivity index (χ0v) is 17.1. The molecule has 0 bridgehead atoms. The largest absolute Gasteiger partial charge is 0.497 e. The number of nitrogens with one attached hydrogen (secondary N) is 2. The summed E-state index contributed by atoms with van der Waals surface area (Å²) in [4.78, 5) is 32.0. The predicted octanol–water partition coefficient (Wildman–Crippen LogP) is 3.12. The van der Waals surface area contributed by atoms with Crippen LogP contribution in [-0.4, -0.2) is 32.8 Å². The van der Waals surface area contributed by atoms with E-state index in [1.165, 1.54) is 6.07 Å². The predicted molar refractivity (Wildman–Crippen MR) is 117 cm³/mol. The van der Waals surface area contributed by atoms with Crippen LogP contribution in [0.4, 0.5) is 5.82 Å². The second-order valence-electron chi connectivity index (χ2n) is 6.97. The van der Waals surface area contributed by atoms with E-state index in [2.05, 4.69) is 20.4 Å². The molecule has 0 fully saturated rings. The standard InChI is InChI=1S/C23H21N5O3/c1-15-12-21(28(27-15)17-6-4-3-5-7-17)26-23(30)19-14-22(29)25-20(24-19)13-16-8-10-18(31-2)11-9-16/h3-12,14H,13H2,1-2H3,(H,26,30)(H,24,25,29). The number of H-pyrrole nitrogens is 1. The molecule has 4 aromatic rings. The van der Waals surface area contributed by atoms with Gasteiger partial charge in [0.1, 0.15) is 23.1 Å². The van der Waals surface area contributed by atoms with Crippen LogP contribution in [0.1, 0.15) is 27.6 Å². The number of methoxy groups -OCH3 is 1. The van der Waals surface area contributed by atoms with E-state index < -0.39 is 11.5 Å². The molecular formula is C23H21N5O3. The smallest absolute Gasteiger partial charge is 0.275 e. The van der Waals surface area contributed by atoms with Crippen molar-refractivity contribution >= 4 is 11.7 Å². The first-order valence-electron chi connectivity index (χ1n) is 9.68. The maximum atomic E-state index is 12.9. The number of ether oxygens (including phenoxy) is 1. The van der Waals surface area contributed by atoms with Gasteiger partial charge < -0.3 is 15.0 Å². The number of benzene rings is 2. The maximum absolute atomic E-state index is 12.9. The molecule has 2 aromatic heterocycles. The molecular weight excluding hydrogens is 394 g/mol. The first-order valence-corrected chi connectivity index (χ1v) is 9.68. The summed E-state index contributed by atoms with van der Waals surface area (Å²) in [5.41, 5.74) is 2.13. The highest BCUT2D eigenvalue weighted by atomic mass is 16.5. The number of aromatic nitrogens is 4. The quantitative estimate of drug-likeness (QED) is 0.504. The van der Waals surface area contributed by atoms with Gasteiger partial charge in [-0.25, -0.2) is 9.67 Å². The monoisotopic (exact) mass is 415 g/mol. The number of amides is 1. The number of anilines is 1. The zero-order chi connectivity index (χ0) is 21.8. The first kappa shape index (κ1) is 20.1. The summed E-state index contributed by atoms with van der Waals surface area (Å²) in [6.45, 7) is 1.84. The van der Waals surface area contributed by atoms with Gasteiger partial charge in [0.25, 0.3) is 11.5 Å². The molecule has 0 aliphatic carbocycles. The zero-order valence-electron chi connectivity index (χ0n) is 17.1. The summed E-state index contributed by atoms with van der Waals surface area (Å²) in [7, 11) is 1.60. The van der Waals surface area contributed by atoms with Crippen molar-refractivity contribution in [3.05, 3.63) is 99.9 Å². The van der Waals surface area contributed by atoms with E-state index in [0.29, 0.717) is 18.1 Å². The van der Waals surface area contributed by atoms with E-state index in [4.69, 9.17) is 4.74 Å². The van der Waals surface area contributed by atoms with Crippen LogP contribution in [0.5, 0.6) is 5.75 Å². The topological polar surface area (TPSA) is 102 Å². The minimum absolute atomic E-state index is 0.0331. The van der Waals surface area contributed by atoms with Crippen molar-refractivity contribution in [1.82, 2.24) is 19.7 Å². The highest BCUT2D eigenvalue weighted by Gasteiger charge is 2.15. The van der Waals surface area contributed by atoms with Gasteiger partial charge >= 0.3 is 0 Å². The molecule has 0 aliphatic rings. The van der Waals surface area contributed by atoms with Crippen molar-refractivity contribution in [3.63, 3.8) is 0 Å². The number of hydrogen-bond acceptors (Lipinski definition) is 5. The number of hydrogen-bond donors (Lipinski definition) is 2. The maximum Gasteiger partial charge on any atom is 0.275 e. The van der Waals surface area contributed by atoms with Crippen LogP contribution in [-0.2, 0) is 6.42 Å². The minimum atomic E-state index is -0.487. The van der Waals surface area contributed by atoms with Crippen LogP contribution in [0, 0.1) is 6.92 Å². The number of rotatable bonds is 6. The Bertz CT molecular complexity index is 1260. The lowest BCUT2D eigenvalue weighted by Gasteiger charge is -2.09. The molecule has 1 amide bonds. The third kappa shape index (κ3) is 4.69. The normalized spacial score (nSPS) is 10.6. The molecule has 0 atom stereocenters. The van der Waals surface area contributed by atoms with Crippen LogP contribution in [0.2, 0.25) is 0 Å². The number of aromatic amines is 1. The van der Waals surface area contributed by atoms with Crippen LogP contribution in [0.15, 0.2) is 71.5 Å². The Morgan fingerprint density at radius 1 is 1.10 bits per heavy atom. The number of carbonyl (C=O) groups is 1. The molecule has 31 heavy (non-hydrogen) atoms. The van der Waals surface area contributed by atoms with E-state index in [1.54, 1.807) is 17.9 Å². The molecule has 0 radical (unpaired) electrons. The van der Waals surface area contributed by atoms with Crippen molar-refractivity contribution in [1.29, 1.82) is 0 Å². The van der Waals surface area contributed by atoms with Crippen molar-refractivity contribution in [2.24, 2.45) is 0 Å². The number of carbonyl (C=O) groups excluding carboxylic acids is 1. The van der Waals surface area contributed by atoms with Crippen LogP contribution in [0.3, 0.4) is 0 Å². The fourth-order valence-electron chi connectivity index (χ4n) is 3.18. The Labute approximate surface area is 178 Å². The molecule has 8 heteroatoms. The fourth-order valence-corrected chi connectivity index (χ4v) is 3.18. The summed E-state index contributed by atoms with van der Waals surface area (Å²) in [6, 6.07) is 19.8. The summed E-state index contributed by atoms with van der Waals surface area (Å²) >= 11 is 0. The summed E-state index contributed by atoms with van der Waals surface area (Å²) < 4.78 is 6.79. The summed E-state index contributed by atoms with van der Waals surface area (Å²) in [5.74, 6) is 1.14. The van der Waals surface area contributed by atoms with Gasteiger partial charge in [-0.05, 0) is 36.8 Å². The van der Waals surface area contributed by atoms with Crippen molar-refractivity contribution in [3.8, 4) is 11.4 Å². The van der Waals surface area contributed by atoms with Gasteiger partial charge in [-0.2, -0.15) is 5.10 Å². The molecule has 0 unspecified atom stereocenters. The van der Waals surface area contributed by atoms with Crippen molar-refractivity contribution < 1.29 is 9.53 Å². The minimum Gasteiger partial charge on any atom is -0.497 e. The highest BCUT2D eigenvalue weighted by molar-refractivity contribution is 6.02. The Balaban J connectivity index is 1.58. The molecule has 156 valence electrons. The molecule has 2 N–H and O–H groups in total. The lowest BCUT2D eigenvalue weighted by molar-refractivity contribution is 0.102. The van der Waals surface area contributed by atoms with Crippen LogP contribution in [0.25, 0.3) is 5.69 Å². The van der Waals surface area contributed by atoms with Gasteiger partial charge in [-0.3, -0.25) is 9.59 Å². The van der Waals surface area contributed by atoms with E-state index in [-0.39, 0.29) is 5.69 Å². The Morgan fingerprint density at radius 3 is 2.55 bits per heavy atom. The highest BCUT2D eigenvalue weighted by Crippen LogP contribution is 2.18. The second-order valence-corrected chi connectivity index (χ2v) is 6.97. The van der Waals surface area contributed by atoms with Gasteiger partial charge in [0.15, 0.2) is 0 Å². The van der Waals surface area contributed by atoms with Crippen molar-refractivity contribution in [2.45, 2.75) is 13.3 Å². The van der Waals surface area contributed by atoms with E-state index >= 15 is 0 Å². The first-order chi connectivity index (χ1) is 15.0. The van der Waals surface area contributed by atoms with Gasteiger partial charge in [-0.15, -0.1) is 0 Å². The summed E-state index contributed by atoms with van der Waals surface area (Å²) in [6.07, 6.45) is 0.376. The van der Waals surface area contributed by atoms with Gasteiger partial charge in [0.2, 0.25) is 0 Å². The molecule has 0 aliphatic heterocycles. The average Bonchev–Trinajstić information content (AvgIpc) is 3.14. The molecule has 0 saturated carbocycles.